The molecule has 26 heavy (non-hydrogen) atoms. The van der Waals surface area contributed by atoms with E-state index < -0.39 is 0 Å². The lowest BCUT2D eigenvalue weighted by Crippen LogP contribution is -2.36. The van der Waals surface area contributed by atoms with Crippen molar-refractivity contribution in [3.05, 3.63) is 41.3 Å². The molecule has 0 unspecified atom stereocenters. The normalized spacial score (nSPS) is 16.1. The van der Waals surface area contributed by atoms with Crippen LogP contribution in [-0.2, 0) is 17.8 Å². The summed E-state index contributed by atoms with van der Waals surface area (Å²) in [7, 11) is 0. The summed E-state index contributed by atoms with van der Waals surface area (Å²) in [4.78, 5) is 16.8. The van der Waals surface area contributed by atoms with Crippen molar-refractivity contribution in [1.29, 1.82) is 0 Å². The monoisotopic (exact) mass is 355 g/mol. The number of aryl methyl sites for hydroxylation is 1. The molecule has 4 rings (SSSR count). The number of nitrogens with zero attached hydrogens (tertiary/aromatic N) is 5. The van der Waals surface area contributed by atoms with Crippen LogP contribution in [0, 0.1) is 6.92 Å². The molecule has 3 heterocycles. The molecular weight excluding hydrogens is 334 g/mol. The first kappa shape index (κ1) is 16.7. The zero-order valence-corrected chi connectivity index (χ0v) is 14.7. The van der Waals surface area contributed by atoms with E-state index in [2.05, 4.69) is 20.4 Å². The van der Waals surface area contributed by atoms with E-state index in [0.717, 1.165) is 54.9 Å². The van der Waals surface area contributed by atoms with Gasteiger partial charge in [0, 0.05) is 38.8 Å². The number of carbonyl (C=O) groups is 1. The van der Waals surface area contributed by atoms with Crippen molar-refractivity contribution in [2.75, 3.05) is 26.2 Å². The van der Waals surface area contributed by atoms with E-state index in [-0.39, 0.29) is 12.3 Å². The van der Waals surface area contributed by atoms with Gasteiger partial charge in [-0.3, -0.25) is 9.69 Å². The Hall–Kier alpha value is -2.74. The molecule has 0 radical (unpaired) electrons. The number of benzene rings is 1. The Kier molecular flexibility index (Phi) is 4.66. The fourth-order valence-corrected chi connectivity index (χ4v) is 3.37. The van der Waals surface area contributed by atoms with E-state index in [0.29, 0.717) is 12.3 Å². The molecule has 0 aliphatic carbocycles. The maximum atomic E-state index is 12.5. The highest BCUT2D eigenvalue weighted by Crippen LogP contribution is 2.18. The van der Waals surface area contributed by atoms with Crippen molar-refractivity contribution in [1.82, 2.24) is 25.3 Å². The van der Waals surface area contributed by atoms with Crippen molar-refractivity contribution < 1.29 is 13.9 Å². The Morgan fingerprint density at radius 1 is 1.15 bits per heavy atom. The minimum Gasteiger partial charge on any atom is -0.361 e. The molecule has 0 saturated carbocycles. The molecule has 3 aromatic rings. The van der Waals surface area contributed by atoms with Crippen LogP contribution in [0.25, 0.3) is 11.0 Å². The molecule has 1 fully saturated rings. The Morgan fingerprint density at radius 3 is 2.92 bits per heavy atom. The Balaban J connectivity index is 1.37. The van der Waals surface area contributed by atoms with Gasteiger partial charge in [0.1, 0.15) is 16.8 Å². The number of carbonyl (C=O) groups excluding carboxylic acids is 1. The molecule has 8 heteroatoms. The predicted octanol–water partition coefficient (Wildman–Crippen LogP) is 1.80. The van der Waals surface area contributed by atoms with Crippen LogP contribution >= 0.6 is 0 Å². The van der Waals surface area contributed by atoms with E-state index in [9.17, 15) is 4.79 Å². The lowest BCUT2D eigenvalue weighted by molar-refractivity contribution is -0.130. The van der Waals surface area contributed by atoms with Gasteiger partial charge in [-0.15, -0.1) is 0 Å². The van der Waals surface area contributed by atoms with Gasteiger partial charge in [0.2, 0.25) is 5.91 Å². The Bertz CT molecular complexity index is 903. The van der Waals surface area contributed by atoms with Crippen LogP contribution in [0.1, 0.15) is 23.4 Å². The maximum Gasteiger partial charge on any atom is 0.230 e. The molecule has 0 atom stereocenters. The third-order valence-electron chi connectivity index (χ3n) is 4.71. The minimum atomic E-state index is 0.0887. The van der Waals surface area contributed by atoms with Crippen LogP contribution in [0.15, 0.2) is 33.4 Å². The highest BCUT2D eigenvalue weighted by Gasteiger charge is 2.21. The van der Waals surface area contributed by atoms with Crippen LogP contribution in [-0.4, -0.2) is 57.4 Å². The van der Waals surface area contributed by atoms with E-state index in [1.165, 1.54) is 0 Å². The largest absolute Gasteiger partial charge is 0.361 e. The number of hydrogen-bond donors (Lipinski definition) is 0. The molecule has 0 spiro atoms. The lowest BCUT2D eigenvalue weighted by atomic mass is 10.1. The highest BCUT2D eigenvalue weighted by atomic mass is 16.6. The summed E-state index contributed by atoms with van der Waals surface area (Å²) in [5, 5.41) is 11.7. The van der Waals surface area contributed by atoms with Crippen molar-refractivity contribution in [2.24, 2.45) is 0 Å². The maximum absolute atomic E-state index is 12.5. The van der Waals surface area contributed by atoms with Gasteiger partial charge >= 0.3 is 0 Å². The molecule has 1 aromatic carbocycles. The van der Waals surface area contributed by atoms with E-state index in [1.54, 1.807) is 0 Å². The van der Waals surface area contributed by atoms with Crippen molar-refractivity contribution in [3.8, 4) is 0 Å². The zero-order valence-electron chi connectivity index (χ0n) is 14.7. The van der Waals surface area contributed by atoms with Crippen molar-refractivity contribution in [3.63, 3.8) is 0 Å². The number of fused-ring (bicyclic) bond motifs is 1. The summed E-state index contributed by atoms with van der Waals surface area (Å²) >= 11 is 0. The smallest absolute Gasteiger partial charge is 0.230 e. The fourth-order valence-electron chi connectivity index (χ4n) is 3.37. The summed E-state index contributed by atoms with van der Waals surface area (Å²) in [6.07, 6.45) is 1.21. The Morgan fingerprint density at radius 2 is 2.08 bits per heavy atom. The average Bonchev–Trinajstić information content (AvgIpc) is 3.20. The first-order valence-electron chi connectivity index (χ1n) is 8.81. The van der Waals surface area contributed by atoms with Gasteiger partial charge < -0.3 is 9.42 Å². The number of aromatic nitrogens is 3. The van der Waals surface area contributed by atoms with Gasteiger partial charge in [0.15, 0.2) is 0 Å². The Labute approximate surface area is 150 Å². The first-order valence-corrected chi connectivity index (χ1v) is 8.81. The molecule has 1 aliphatic heterocycles. The molecular formula is C18H21N5O3. The second-order valence-corrected chi connectivity index (χ2v) is 6.67. The van der Waals surface area contributed by atoms with Gasteiger partial charge in [-0.1, -0.05) is 17.3 Å². The molecule has 8 nitrogen and oxygen atoms in total. The molecule has 0 N–H and O–H groups in total. The minimum absolute atomic E-state index is 0.0887. The number of rotatable bonds is 4. The first-order chi connectivity index (χ1) is 12.7. The number of hydrogen-bond acceptors (Lipinski definition) is 7. The van der Waals surface area contributed by atoms with Crippen LogP contribution in [0.5, 0.6) is 0 Å². The lowest BCUT2D eigenvalue weighted by Gasteiger charge is -2.21. The second kappa shape index (κ2) is 7.25. The van der Waals surface area contributed by atoms with Crippen molar-refractivity contribution in [2.45, 2.75) is 26.3 Å². The summed E-state index contributed by atoms with van der Waals surface area (Å²) in [5.41, 5.74) is 3.48. The van der Waals surface area contributed by atoms with Crippen LogP contribution in [0.2, 0.25) is 0 Å². The van der Waals surface area contributed by atoms with Gasteiger partial charge in [-0.25, -0.2) is 4.63 Å². The van der Waals surface area contributed by atoms with Crippen LogP contribution in [0.4, 0.5) is 0 Å². The van der Waals surface area contributed by atoms with E-state index in [1.807, 2.05) is 36.1 Å². The van der Waals surface area contributed by atoms with E-state index in [4.69, 9.17) is 9.15 Å². The molecule has 1 amide bonds. The van der Waals surface area contributed by atoms with E-state index >= 15 is 0 Å². The zero-order chi connectivity index (χ0) is 17.9. The molecule has 136 valence electrons. The molecule has 1 saturated heterocycles. The fraction of sp³-hybridized carbons (Fsp3) is 0.444. The third-order valence-corrected chi connectivity index (χ3v) is 4.71. The standard InChI is InChI=1S/C18H21N5O3/c1-13-10-15(25-19-13)11-17(24)23-7-3-6-22(8-9-23)12-14-4-2-5-16-18(14)21-26-20-16/h2,4-5,10H,3,6-9,11-12H2,1H3. The SMILES string of the molecule is Cc1cc(CC(=O)N2CCCN(Cc3cccc4nonc34)CC2)on1. The van der Waals surface area contributed by atoms with Gasteiger partial charge in [-0.05, 0) is 35.3 Å². The quantitative estimate of drug-likeness (QED) is 0.705. The average molecular weight is 355 g/mol. The van der Waals surface area contributed by atoms with Crippen molar-refractivity contribution >= 4 is 16.9 Å². The summed E-state index contributed by atoms with van der Waals surface area (Å²) in [5.74, 6) is 0.713. The van der Waals surface area contributed by atoms with Crippen LogP contribution in [0.3, 0.4) is 0 Å². The predicted molar refractivity (Wildman–Crippen MR) is 93.2 cm³/mol. The topological polar surface area (TPSA) is 88.5 Å². The van der Waals surface area contributed by atoms with Gasteiger partial charge in [-0.2, -0.15) is 0 Å². The summed E-state index contributed by atoms with van der Waals surface area (Å²) in [6.45, 7) is 5.86. The van der Waals surface area contributed by atoms with Crippen LogP contribution < -0.4 is 0 Å². The van der Waals surface area contributed by atoms with Gasteiger partial charge in [0.05, 0.1) is 12.1 Å². The second-order valence-electron chi connectivity index (χ2n) is 6.67. The highest BCUT2D eigenvalue weighted by molar-refractivity contribution is 5.78. The molecule has 0 bridgehead atoms. The summed E-state index contributed by atoms with van der Waals surface area (Å²) in [6, 6.07) is 7.72. The third kappa shape index (κ3) is 3.60. The van der Waals surface area contributed by atoms with Gasteiger partial charge in [0.25, 0.3) is 0 Å². The number of amides is 1. The summed E-state index contributed by atoms with van der Waals surface area (Å²) < 4.78 is 10.0. The molecule has 1 aliphatic rings. The molecule has 2 aromatic heterocycles.